The highest BCUT2D eigenvalue weighted by Gasteiger charge is 2.13. The number of nitrogens with one attached hydrogen (secondary N) is 1. The normalized spacial score (nSPS) is 14.1. The largest absolute Gasteiger partial charge is 0.351 e. The minimum Gasteiger partial charge on any atom is -0.351 e. The van der Waals surface area contributed by atoms with Gasteiger partial charge < -0.3 is 5.32 Å². The van der Waals surface area contributed by atoms with E-state index in [4.69, 9.17) is 11.6 Å². The van der Waals surface area contributed by atoms with E-state index in [-0.39, 0.29) is 11.3 Å². The summed E-state index contributed by atoms with van der Waals surface area (Å²) in [5, 5.41) is 3.42. The fourth-order valence-corrected chi connectivity index (χ4v) is 1.75. The molecule has 1 N–H and O–H groups in total. The van der Waals surface area contributed by atoms with Crippen LogP contribution in [-0.2, 0) is 0 Å². The van der Waals surface area contributed by atoms with Crippen molar-refractivity contribution in [2.24, 2.45) is 5.92 Å². The van der Waals surface area contributed by atoms with Crippen LogP contribution >= 0.6 is 11.6 Å². The van der Waals surface area contributed by atoms with Crippen LogP contribution < -0.4 is 5.32 Å². The second-order valence-electron chi connectivity index (χ2n) is 4.52. The van der Waals surface area contributed by atoms with E-state index in [1.165, 1.54) is 0 Å². The topological polar surface area (TPSA) is 68.5 Å². The minimum absolute atomic E-state index is 0.164. The lowest BCUT2D eigenvalue weighted by Crippen LogP contribution is -2.25. The lowest BCUT2D eigenvalue weighted by atomic mass is 10.0. The molecule has 0 saturated heterocycles. The van der Waals surface area contributed by atoms with Gasteiger partial charge in [-0.2, -0.15) is 15.0 Å². The van der Waals surface area contributed by atoms with E-state index in [1.54, 1.807) is 23.3 Å². The molecule has 6 nitrogen and oxygen atoms in total. The Morgan fingerprint density at radius 2 is 2.11 bits per heavy atom. The van der Waals surface area contributed by atoms with E-state index >= 15 is 0 Å². The van der Waals surface area contributed by atoms with Gasteiger partial charge in [0.25, 0.3) is 0 Å². The van der Waals surface area contributed by atoms with Crippen LogP contribution in [0.25, 0.3) is 5.95 Å². The van der Waals surface area contributed by atoms with Gasteiger partial charge in [-0.25, -0.2) is 4.98 Å². The van der Waals surface area contributed by atoms with Crippen molar-refractivity contribution in [3.8, 4) is 5.95 Å². The lowest BCUT2D eigenvalue weighted by molar-refractivity contribution is 0.492. The molecule has 0 aliphatic heterocycles. The summed E-state index contributed by atoms with van der Waals surface area (Å²) in [6.45, 7) is 6.43. The van der Waals surface area contributed by atoms with Gasteiger partial charge in [0.1, 0.15) is 6.33 Å². The molecule has 0 saturated carbocycles. The average molecular weight is 281 g/mol. The van der Waals surface area contributed by atoms with Crippen LogP contribution in [-0.4, -0.2) is 30.5 Å². The molecule has 2 rings (SSSR count). The van der Waals surface area contributed by atoms with Crippen molar-refractivity contribution < 1.29 is 0 Å². The summed E-state index contributed by atoms with van der Waals surface area (Å²) >= 11 is 5.93. The summed E-state index contributed by atoms with van der Waals surface area (Å²) in [7, 11) is 0. The standard InChI is InChI=1S/C12H17ClN6/c1-4-8(2)9(3)15-11-16-10(13)17-12(18-11)19-6-5-14-7-19/h5-9H,4H2,1-3H3,(H,15,16,17,18). The third-order valence-electron chi connectivity index (χ3n) is 3.19. The van der Waals surface area contributed by atoms with E-state index in [1.807, 2.05) is 0 Å². The summed E-state index contributed by atoms with van der Waals surface area (Å²) in [6.07, 6.45) is 6.12. The Bertz CT molecular complexity index is 527. The van der Waals surface area contributed by atoms with Crippen LogP contribution in [0.1, 0.15) is 27.2 Å². The van der Waals surface area contributed by atoms with E-state index < -0.39 is 0 Å². The third-order valence-corrected chi connectivity index (χ3v) is 3.35. The minimum atomic E-state index is 0.164. The number of aromatic nitrogens is 5. The van der Waals surface area contributed by atoms with Crippen LogP contribution in [0.15, 0.2) is 18.7 Å². The number of hydrogen-bond acceptors (Lipinski definition) is 5. The SMILES string of the molecule is CCC(C)C(C)Nc1nc(Cl)nc(-n2ccnc2)n1. The second kappa shape index (κ2) is 5.97. The zero-order chi connectivity index (χ0) is 13.8. The molecule has 19 heavy (non-hydrogen) atoms. The molecule has 2 aromatic heterocycles. The van der Waals surface area contributed by atoms with E-state index in [9.17, 15) is 0 Å². The number of hydrogen-bond donors (Lipinski definition) is 1. The first-order chi connectivity index (χ1) is 9.10. The molecule has 7 heteroatoms. The monoisotopic (exact) mass is 280 g/mol. The van der Waals surface area contributed by atoms with Gasteiger partial charge in [-0.05, 0) is 24.4 Å². The second-order valence-corrected chi connectivity index (χ2v) is 4.85. The Kier molecular flexibility index (Phi) is 4.31. The molecule has 0 bridgehead atoms. The van der Waals surface area contributed by atoms with Gasteiger partial charge in [-0.15, -0.1) is 0 Å². The molecule has 0 amide bonds. The molecule has 102 valence electrons. The lowest BCUT2D eigenvalue weighted by Gasteiger charge is -2.19. The van der Waals surface area contributed by atoms with Crippen LogP contribution in [0.4, 0.5) is 5.95 Å². The highest BCUT2D eigenvalue weighted by atomic mass is 35.5. The van der Waals surface area contributed by atoms with Gasteiger partial charge >= 0.3 is 0 Å². The molecule has 0 fully saturated rings. The molecular formula is C12H17ClN6. The number of anilines is 1. The quantitative estimate of drug-likeness (QED) is 0.911. The van der Waals surface area contributed by atoms with Crippen molar-refractivity contribution in [1.29, 1.82) is 0 Å². The smallest absolute Gasteiger partial charge is 0.241 e. The Hall–Kier alpha value is -1.69. The Morgan fingerprint density at radius 1 is 1.32 bits per heavy atom. The summed E-state index contributed by atoms with van der Waals surface area (Å²) in [4.78, 5) is 16.5. The molecule has 0 spiro atoms. The molecule has 0 aromatic carbocycles. The van der Waals surface area contributed by atoms with E-state index in [0.717, 1.165) is 6.42 Å². The van der Waals surface area contributed by atoms with Crippen molar-refractivity contribution in [3.05, 3.63) is 24.0 Å². The van der Waals surface area contributed by atoms with Crippen molar-refractivity contribution in [2.75, 3.05) is 5.32 Å². The third kappa shape index (κ3) is 3.41. The van der Waals surface area contributed by atoms with Crippen LogP contribution in [0.3, 0.4) is 0 Å². The first kappa shape index (κ1) is 13.7. The zero-order valence-electron chi connectivity index (χ0n) is 11.2. The fraction of sp³-hybridized carbons (Fsp3) is 0.500. The number of nitrogens with zero attached hydrogens (tertiary/aromatic N) is 5. The Balaban J connectivity index is 2.22. The molecule has 2 aromatic rings. The molecule has 0 aliphatic rings. The van der Waals surface area contributed by atoms with Gasteiger partial charge in [-0.3, -0.25) is 4.57 Å². The maximum absolute atomic E-state index is 5.93. The average Bonchev–Trinajstić information content (AvgIpc) is 2.90. The van der Waals surface area contributed by atoms with E-state index in [0.29, 0.717) is 17.8 Å². The highest BCUT2D eigenvalue weighted by Crippen LogP contribution is 2.14. The summed E-state index contributed by atoms with van der Waals surface area (Å²) in [5.41, 5.74) is 0. The predicted molar refractivity (Wildman–Crippen MR) is 74.5 cm³/mol. The molecule has 0 aliphatic carbocycles. The van der Waals surface area contributed by atoms with Crippen molar-refractivity contribution in [2.45, 2.75) is 33.2 Å². The van der Waals surface area contributed by atoms with Crippen molar-refractivity contribution >= 4 is 17.5 Å². The highest BCUT2D eigenvalue weighted by molar-refractivity contribution is 6.28. The number of imidazole rings is 1. The molecule has 2 atom stereocenters. The number of rotatable bonds is 5. The Labute approximate surface area is 117 Å². The molecule has 0 radical (unpaired) electrons. The van der Waals surface area contributed by atoms with E-state index in [2.05, 4.69) is 46.0 Å². The van der Waals surface area contributed by atoms with Crippen LogP contribution in [0.5, 0.6) is 0 Å². The maximum Gasteiger partial charge on any atom is 0.241 e. The van der Waals surface area contributed by atoms with Crippen molar-refractivity contribution in [3.63, 3.8) is 0 Å². The molecule has 2 heterocycles. The van der Waals surface area contributed by atoms with Crippen LogP contribution in [0.2, 0.25) is 5.28 Å². The Morgan fingerprint density at radius 3 is 2.74 bits per heavy atom. The van der Waals surface area contributed by atoms with Gasteiger partial charge in [-0.1, -0.05) is 20.3 Å². The molecular weight excluding hydrogens is 264 g/mol. The zero-order valence-corrected chi connectivity index (χ0v) is 12.0. The first-order valence-corrected chi connectivity index (χ1v) is 6.64. The van der Waals surface area contributed by atoms with Gasteiger partial charge in [0.15, 0.2) is 0 Å². The first-order valence-electron chi connectivity index (χ1n) is 6.26. The van der Waals surface area contributed by atoms with Crippen LogP contribution in [0, 0.1) is 5.92 Å². The van der Waals surface area contributed by atoms with Gasteiger partial charge in [0.2, 0.25) is 17.2 Å². The van der Waals surface area contributed by atoms with Crippen molar-refractivity contribution in [1.82, 2.24) is 24.5 Å². The van der Waals surface area contributed by atoms with Gasteiger partial charge in [0.05, 0.1) is 0 Å². The summed E-state index contributed by atoms with van der Waals surface area (Å²) < 4.78 is 1.69. The van der Waals surface area contributed by atoms with Gasteiger partial charge in [0, 0.05) is 18.4 Å². The molecule has 2 unspecified atom stereocenters. The fourth-order valence-electron chi connectivity index (χ4n) is 1.60. The maximum atomic E-state index is 5.93. The summed E-state index contributed by atoms with van der Waals surface area (Å²) in [6, 6.07) is 0.263. The summed E-state index contributed by atoms with van der Waals surface area (Å²) in [5.74, 6) is 1.46. The number of halogens is 1. The predicted octanol–water partition coefficient (Wildman–Crippen LogP) is 2.56.